The first kappa shape index (κ1) is 28.1. The highest BCUT2D eigenvalue weighted by molar-refractivity contribution is 5.89. The topological polar surface area (TPSA) is 49.7 Å². The van der Waals surface area contributed by atoms with Gasteiger partial charge in [-0.25, -0.2) is 0 Å². The second kappa shape index (κ2) is 14.9. The van der Waals surface area contributed by atoms with Crippen molar-refractivity contribution in [2.45, 2.75) is 72.4 Å². The van der Waals surface area contributed by atoms with E-state index in [0.717, 1.165) is 34.9 Å². The van der Waals surface area contributed by atoms with Crippen molar-refractivity contribution in [3.05, 3.63) is 88.8 Å². The van der Waals surface area contributed by atoms with Crippen molar-refractivity contribution < 1.29 is 14.2 Å². The van der Waals surface area contributed by atoms with Crippen LogP contribution in [-0.4, -0.2) is 17.8 Å². The van der Waals surface area contributed by atoms with Gasteiger partial charge in [-0.1, -0.05) is 87.6 Å². The fourth-order valence-corrected chi connectivity index (χ4v) is 4.19. The number of unbranched alkanes of at least 4 members (excludes halogenated alkanes) is 5. The van der Waals surface area contributed by atoms with E-state index in [4.69, 9.17) is 14.2 Å². The van der Waals surface area contributed by atoms with E-state index in [9.17, 15) is 4.79 Å². The van der Waals surface area contributed by atoms with Gasteiger partial charge in [-0.3, -0.25) is 4.79 Å². The SMILES string of the molecule is C=CCOc1c(OCC=C(C)C)c2ccc(OCc3ccccc3)cc2n(CCCCCCCC)c1=O. The molecule has 5 heteroatoms. The molecule has 3 rings (SSSR count). The summed E-state index contributed by atoms with van der Waals surface area (Å²) in [5, 5.41) is 0.832. The van der Waals surface area contributed by atoms with Gasteiger partial charge in [0.1, 0.15) is 25.6 Å². The zero-order valence-corrected chi connectivity index (χ0v) is 22.6. The number of aryl methyl sites for hydroxylation is 1. The van der Waals surface area contributed by atoms with Crippen LogP contribution in [-0.2, 0) is 13.2 Å². The molecule has 0 aliphatic heterocycles. The van der Waals surface area contributed by atoms with Crippen LogP contribution in [0.3, 0.4) is 0 Å². The summed E-state index contributed by atoms with van der Waals surface area (Å²) in [6.45, 7) is 11.7. The van der Waals surface area contributed by atoms with Crippen LogP contribution in [0.4, 0.5) is 0 Å². The largest absolute Gasteiger partial charge is 0.489 e. The maximum Gasteiger partial charge on any atom is 0.297 e. The Balaban J connectivity index is 2.00. The molecule has 0 N–H and O–H groups in total. The summed E-state index contributed by atoms with van der Waals surface area (Å²) in [6, 6.07) is 15.9. The third kappa shape index (κ3) is 8.28. The zero-order valence-electron chi connectivity index (χ0n) is 22.6. The molecule has 0 bridgehead atoms. The molecule has 0 atom stereocenters. The lowest BCUT2D eigenvalue weighted by atomic mass is 10.1. The monoisotopic (exact) mass is 503 g/mol. The van der Waals surface area contributed by atoms with E-state index in [-0.39, 0.29) is 17.9 Å². The summed E-state index contributed by atoms with van der Waals surface area (Å²) < 4.78 is 20.0. The Hall–Kier alpha value is -3.47. The standard InChI is InChI=1S/C32H41NO4/c1-5-7-8-9-10-14-20-33-29-23-27(37-24-26-15-12-11-13-16-26)17-18-28(29)30(36-22-19-25(3)4)31(32(33)34)35-21-6-2/h6,11-13,15-19,23H,2,5,7-10,14,20-22,24H2,1,3-4H3. The van der Waals surface area contributed by atoms with Gasteiger partial charge in [0.2, 0.25) is 5.75 Å². The van der Waals surface area contributed by atoms with E-state index in [1.165, 1.54) is 25.7 Å². The molecule has 198 valence electrons. The van der Waals surface area contributed by atoms with E-state index in [2.05, 4.69) is 13.5 Å². The van der Waals surface area contributed by atoms with Crippen LogP contribution in [0.2, 0.25) is 0 Å². The molecule has 0 saturated carbocycles. The van der Waals surface area contributed by atoms with Crippen molar-refractivity contribution in [3.63, 3.8) is 0 Å². The maximum absolute atomic E-state index is 13.7. The average molecular weight is 504 g/mol. The van der Waals surface area contributed by atoms with Crippen LogP contribution >= 0.6 is 0 Å². The summed E-state index contributed by atoms with van der Waals surface area (Å²) in [6.07, 6.45) is 10.5. The molecule has 3 aromatic rings. The lowest BCUT2D eigenvalue weighted by Crippen LogP contribution is -2.24. The first-order valence-corrected chi connectivity index (χ1v) is 13.4. The number of ether oxygens (including phenoxy) is 3. The fourth-order valence-electron chi connectivity index (χ4n) is 4.19. The number of hydrogen-bond donors (Lipinski definition) is 0. The Kier molecular flexibility index (Phi) is 11.3. The first-order valence-electron chi connectivity index (χ1n) is 13.4. The normalized spacial score (nSPS) is 10.8. The predicted octanol–water partition coefficient (Wildman–Crippen LogP) is 7.85. The van der Waals surface area contributed by atoms with Crippen LogP contribution in [0.1, 0.15) is 64.9 Å². The quantitative estimate of drug-likeness (QED) is 0.147. The van der Waals surface area contributed by atoms with Crippen LogP contribution in [0, 0.1) is 0 Å². The van der Waals surface area contributed by atoms with Crippen LogP contribution < -0.4 is 19.8 Å². The van der Waals surface area contributed by atoms with E-state index < -0.39 is 0 Å². The Morgan fingerprint density at radius 1 is 0.892 bits per heavy atom. The molecule has 1 aromatic heterocycles. The number of nitrogens with zero attached hydrogens (tertiary/aromatic N) is 1. The lowest BCUT2D eigenvalue weighted by molar-refractivity contribution is 0.302. The molecule has 1 heterocycles. The predicted molar refractivity (Wildman–Crippen MR) is 153 cm³/mol. The lowest BCUT2D eigenvalue weighted by Gasteiger charge is -2.19. The minimum atomic E-state index is -0.185. The average Bonchev–Trinajstić information content (AvgIpc) is 2.90. The van der Waals surface area contributed by atoms with E-state index >= 15 is 0 Å². The Labute approximate surface area is 221 Å². The zero-order chi connectivity index (χ0) is 26.5. The molecule has 0 unspecified atom stereocenters. The molecule has 0 spiro atoms. The number of pyridine rings is 1. The summed E-state index contributed by atoms with van der Waals surface area (Å²) in [4.78, 5) is 13.7. The highest BCUT2D eigenvalue weighted by atomic mass is 16.5. The molecule has 0 fully saturated rings. The van der Waals surface area contributed by atoms with Gasteiger partial charge in [-0.2, -0.15) is 0 Å². The maximum atomic E-state index is 13.7. The summed E-state index contributed by atoms with van der Waals surface area (Å²) in [7, 11) is 0. The second-order valence-corrected chi connectivity index (χ2v) is 9.53. The molecular weight excluding hydrogens is 462 g/mol. The number of hydrogen-bond acceptors (Lipinski definition) is 4. The molecule has 0 amide bonds. The molecule has 0 saturated heterocycles. The number of rotatable bonds is 16. The number of benzene rings is 2. The molecule has 37 heavy (non-hydrogen) atoms. The highest BCUT2D eigenvalue weighted by Crippen LogP contribution is 2.35. The summed E-state index contributed by atoms with van der Waals surface area (Å²) in [5.74, 6) is 1.41. The number of fused-ring (bicyclic) bond motifs is 1. The minimum Gasteiger partial charge on any atom is -0.489 e. The number of allylic oxidation sites excluding steroid dienone is 1. The van der Waals surface area contributed by atoms with Gasteiger partial charge in [0.25, 0.3) is 5.56 Å². The highest BCUT2D eigenvalue weighted by Gasteiger charge is 2.20. The summed E-state index contributed by atoms with van der Waals surface area (Å²) in [5.41, 5.74) is 2.84. The van der Waals surface area contributed by atoms with Gasteiger partial charge in [-0.15, -0.1) is 0 Å². The number of aromatic nitrogens is 1. The van der Waals surface area contributed by atoms with Crippen molar-refractivity contribution in [1.29, 1.82) is 0 Å². The fraction of sp³-hybridized carbons (Fsp3) is 0.406. The third-order valence-electron chi connectivity index (χ3n) is 6.20. The molecule has 0 aliphatic carbocycles. The van der Waals surface area contributed by atoms with E-state index in [1.54, 1.807) is 6.08 Å². The molecule has 0 radical (unpaired) electrons. The smallest absolute Gasteiger partial charge is 0.297 e. The van der Waals surface area contributed by atoms with Crippen molar-refractivity contribution >= 4 is 10.9 Å². The minimum absolute atomic E-state index is 0.185. The van der Waals surface area contributed by atoms with Crippen molar-refractivity contribution in [2.24, 2.45) is 0 Å². The van der Waals surface area contributed by atoms with Gasteiger partial charge >= 0.3 is 0 Å². The molecular formula is C32H41NO4. The first-order chi connectivity index (χ1) is 18.0. The van der Waals surface area contributed by atoms with Gasteiger partial charge in [0, 0.05) is 18.0 Å². The van der Waals surface area contributed by atoms with Crippen LogP contribution in [0.15, 0.2) is 77.6 Å². The van der Waals surface area contributed by atoms with Gasteiger partial charge in [0.15, 0.2) is 5.75 Å². The van der Waals surface area contributed by atoms with Crippen molar-refractivity contribution in [2.75, 3.05) is 13.2 Å². The second-order valence-electron chi connectivity index (χ2n) is 9.53. The molecule has 5 nitrogen and oxygen atoms in total. The van der Waals surface area contributed by atoms with Crippen molar-refractivity contribution in [1.82, 2.24) is 4.57 Å². The van der Waals surface area contributed by atoms with E-state index in [1.807, 2.05) is 73.0 Å². The Morgan fingerprint density at radius 2 is 1.62 bits per heavy atom. The van der Waals surface area contributed by atoms with Crippen LogP contribution in [0.25, 0.3) is 10.9 Å². The van der Waals surface area contributed by atoms with Crippen molar-refractivity contribution in [3.8, 4) is 17.2 Å². The van der Waals surface area contributed by atoms with Gasteiger partial charge in [0.05, 0.1) is 5.52 Å². The van der Waals surface area contributed by atoms with E-state index in [0.29, 0.717) is 31.3 Å². The Bertz CT molecular complexity index is 1220. The Morgan fingerprint density at radius 3 is 2.35 bits per heavy atom. The van der Waals surface area contributed by atoms with Gasteiger partial charge in [-0.05, 0) is 44.0 Å². The third-order valence-corrected chi connectivity index (χ3v) is 6.20. The molecule has 0 aliphatic rings. The summed E-state index contributed by atoms with van der Waals surface area (Å²) >= 11 is 0. The van der Waals surface area contributed by atoms with Gasteiger partial charge < -0.3 is 18.8 Å². The molecule has 2 aromatic carbocycles. The van der Waals surface area contributed by atoms with Crippen LogP contribution in [0.5, 0.6) is 17.2 Å².